The van der Waals surface area contributed by atoms with Crippen LogP contribution >= 0.6 is 23.1 Å². The number of fused-ring (bicyclic) bond motifs is 1. The van der Waals surface area contributed by atoms with Gasteiger partial charge in [0.25, 0.3) is 0 Å². The SMILES string of the molecule is Cc1cc(CN)cnc1Sc1nc2ccccc2s1. The molecule has 0 aliphatic rings. The Bertz CT molecular complexity index is 689. The van der Waals surface area contributed by atoms with E-state index in [0.717, 1.165) is 26.0 Å². The van der Waals surface area contributed by atoms with Crippen LogP contribution in [-0.2, 0) is 6.54 Å². The summed E-state index contributed by atoms with van der Waals surface area (Å²) in [6.45, 7) is 2.59. The Morgan fingerprint density at radius 1 is 1.32 bits per heavy atom. The number of aromatic nitrogens is 2. The topological polar surface area (TPSA) is 51.8 Å². The molecular weight excluding hydrogens is 274 g/mol. The van der Waals surface area contributed by atoms with Crippen LogP contribution in [0.1, 0.15) is 11.1 Å². The summed E-state index contributed by atoms with van der Waals surface area (Å²) in [5, 5.41) is 0.997. The maximum atomic E-state index is 5.62. The van der Waals surface area contributed by atoms with Gasteiger partial charge >= 0.3 is 0 Å². The predicted molar refractivity (Wildman–Crippen MR) is 80.6 cm³/mol. The van der Waals surface area contributed by atoms with E-state index in [2.05, 4.69) is 29.0 Å². The molecule has 5 heteroatoms. The normalized spacial score (nSPS) is 11.1. The second kappa shape index (κ2) is 5.28. The molecule has 0 spiro atoms. The first-order valence-electron chi connectivity index (χ1n) is 5.95. The third-order valence-corrected chi connectivity index (χ3v) is 5.00. The standard InChI is InChI=1S/C14H13N3S2/c1-9-6-10(7-15)8-16-13(9)19-14-17-11-4-2-3-5-12(11)18-14/h2-6,8H,7,15H2,1H3. The molecule has 96 valence electrons. The highest BCUT2D eigenvalue weighted by Crippen LogP contribution is 2.34. The highest BCUT2D eigenvalue weighted by atomic mass is 32.2. The fraction of sp³-hybridized carbons (Fsp3) is 0.143. The molecule has 3 rings (SSSR count). The molecule has 0 fully saturated rings. The van der Waals surface area contributed by atoms with E-state index in [-0.39, 0.29) is 0 Å². The quantitative estimate of drug-likeness (QED) is 0.799. The van der Waals surface area contributed by atoms with E-state index in [1.54, 1.807) is 23.1 Å². The second-order valence-corrected chi connectivity index (χ2v) is 6.49. The van der Waals surface area contributed by atoms with Gasteiger partial charge in [-0.25, -0.2) is 9.97 Å². The Morgan fingerprint density at radius 3 is 2.89 bits per heavy atom. The van der Waals surface area contributed by atoms with E-state index in [9.17, 15) is 0 Å². The Hall–Kier alpha value is -1.43. The highest BCUT2D eigenvalue weighted by molar-refractivity contribution is 8.01. The van der Waals surface area contributed by atoms with Crippen LogP contribution in [0.2, 0.25) is 0 Å². The van der Waals surface area contributed by atoms with Crippen molar-refractivity contribution >= 4 is 33.3 Å². The number of nitrogens with two attached hydrogens (primary N) is 1. The summed E-state index contributed by atoms with van der Waals surface area (Å²) in [4.78, 5) is 9.07. The second-order valence-electron chi connectivity index (χ2n) is 4.22. The van der Waals surface area contributed by atoms with Gasteiger partial charge < -0.3 is 5.73 Å². The monoisotopic (exact) mass is 287 g/mol. The lowest BCUT2D eigenvalue weighted by atomic mass is 10.2. The first-order valence-corrected chi connectivity index (χ1v) is 7.58. The Kier molecular flexibility index (Phi) is 3.50. The summed E-state index contributed by atoms with van der Waals surface area (Å²) < 4.78 is 2.23. The minimum absolute atomic E-state index is 0.528. The molecular formula is C14H13N3S2. The van der Waals surface area contributed by atoms with Crippen molar-refractivity contribution in [2.75, 3.05) is 0 Å². The molecule has 2 heterocycles. The molecule has 0 unspecified atom stereocenters. The maximum Gasteiger partial charge on any atom is 0.157 e. The van der Waals surface area contributed by atoms with Crippen molar-refractivity contribution in [3.63, 3.8) is 0 Å². The zero-order chi connectivity index (χ0) is 13.2. The van der Waals surface area contributed by atoms with Crippen LogP contribution in [0.4, 0.5) is 0 Å². The van der Waals surface area contributed by atoms with Crippen molar-refractivity contribution in [2.24, 2.45) is 5.73 Å². The summed E-state index contributed by atoms with van der Waals surface area (Å²) in [6.07, 6.45) is 1.84. The van der Waals surface area contributed by atoms with E-state index >= 15 is 0 Å². The van der Waals surface area contributed by atoms with E-state index < -0.39 is 0 Å². The van der Waals surface area contributed by atoms with Crippen LogP contribution in [-0.4, -0.2) is 9.97 Å². The third kappa shape index (κ3) is 2.63. The van der Waals surface area contributed by atoms with Crippen molar-refractivity contribution in [2.45, 2.75) is 22.8 Å². The van der Waals surface area contributed by atoms with Crippen molar-refractivity contribution in [1.29, 1.82) is 0 Å². The van der Waals surface area contributed by atoms with E-state index in [1.807, 2.05) is 24.4 Å². The number of thiazole rings is 1. The van der Waals surface area contributed by atoms with Crippen molar-refractivity contribution in [3.8, 4) is 0 Å². The fourth-order valence-corrected chi connectivity index (χ4v) is 3.82. The fourth-order valence-electron chi connectivity index (χ4n) is 1.82. The van der Waals surface area contributed by atoms with Gasteiger partial charge in [-0.3, -0.25) is 0 Å². The van der Waals surface area contributed by atoms with Gasteiger partial charge in [0.2, 0.25) is 0 Å². The summed E-state index contributed by atoms with van der Waals surface area (Å²) >= 11 is 3.31. The molecule has 0 amide bonds. The minimum Gasteiger partial charge on any atom is -0.326 e. The van der Waals surface area contributed by atoms with Gasteiger partial charge in [0, 0.05) is 12.7 Å². The molecule has 0 bridgehead atoms. The average Bonchev–Trinajstić information content (AvgIpc) is 2.83. The van der Waals surface area contributed by atoms with Crippen molar-refractivity contribution in [3.05, 3.63) is 47.7 Å². The summed E-state index contributed by atoms with van der Waals surface area (Å²) in [7, 11) is 0. The van der Waals surface area contributed by atoms with Crippen molar-refractivity contribution < 1.29 is 0 Å². The average molecular weight is 287 g/mol. The zero-order valence-corrected chi connectivity index (χ0v) is 12.1. The molecule has 3 aromatic rings. The molecule has 2 aromatic heterocycles. The summed E-state index contributed by atoms with van der Waals surface area (Å²) in [5.41, 5.74) is 8.87. The Balaban J connectivity index is 1.92. The van der Waals surface area contributed by atoms with E-state index in [0.29, 0.717) is 6.54 Å². The molecule has 19 heavy (non-hydrogen) atoms. The molecule has 0 radical (unpaired) electrons. The van der Waals surface area contributed by atoms with Gasteiger partial charge in [0.1, 0.15) is 5.03 Å². The van der Waals surface area contributed by atoms with Gasteiger partial charge in [-0.1, -0.05) is 18.2 Å². The lowest BCUT2D eigenvalue weighted by Crippen LogP contribution is -1.98. The first-order chi connectivity index (χ1) is 9.26. The van der Waals surface area contributed by atoms with Crippen LogP contribution in [0.5, 0.6) is 0 Å². The zero-order valence-electron chi connectivity index (χ0n) is 10.5. The van der Waals surface area contributed by atoms with E-state index in [4.69, 9.17) is 5.73 Å². The highest BCUT2D eigenvalue weighted by Gasteiger charge is 2.08. The number of pyridine rings is 1. The number of benzene rings is 1. The van der Waals surface area contributed by atoms with Gasteiger partial charge in [0.15, 0.2) is 4.34 Å². The van der Waals surface area contributed by atoms with Gasteiger partial charge in [-0.05, 0) is 41.9 Å². The number of hydrogen-bond acceptors (Lipinski definition) is 5. The number of para-hydroxylation sites is 1. The summed E-state index contributed by atoms with van der Waals surface area (Å²) in [6, 6.07) is 10.3. The lowest BCUT2D eigenvalue weighted by molar-refractivity contribution is 0.988. The number of hydrogen-bond donors (Lipinski definition) is 1. The maximum absolute atomic E-state index is 5.62. The van der Waals surface area contributed by atoms with Crippen LogP contribution in [0.15, 0.2) is 45.9 Å². The molecule has 0 saturated heterocycles. The lowest BCUT2D eigenvalue weighted by Gasteiger charge is -2.03. The molecule has 0 atom stereocenters. The van der Waals surface area contributed by atoms with Crippen LogP contribution < -0.4 is 5.73 Å². The number of aryl methyl sites for hydroxylation is 1. The predicted octanol–water partition coefficient (Wildman–Crippen LogP) is 3.61. The van der Waals surface area contributed by atoms with Gasteiger partial charge in [-0.2, -0.15) is 0 Å². The molecule has 2 N–H and O–H groups in total. The molecule has 3 nitrogen and oxygen atoms in total. The van der Waals surface area contributed by atoms with E-state index in [1.165, 1.54) is 4.70 Å². The number of nitrogens with zero attached hydrogens (tertiary/aromatic N) is 2. The third-order valence-electron chi connectivity index (χ3n) is 2.78. The number of rotatable bonds is 3. The molecule has 1 aromatic carbocycles. The van der Waals surface area contributed by atoms with Gasteiger partial charge in [-0.15, -0.1) is 11.3 Å². The molecule has 0 saturated carbocycles. The van der Waals surface area contributed by atoms with Crippen LogP contribution in [0, 0.1) is 6.92 Å². The molecule has 0 aliphatic heterocycles. The largest absolute Gasteiger partial charge is 0.326 e. The minimum atomic E-state index is 0.528. The van der Waals surface area contributed by atoms with Crippen molar-refractivity contribution in [1.82, 2.24) is 9.97 Å². The molecule has 0 aliphatic carbocycles. The van der Waals surface area contributed by atoms with Crippen LogP contribution in [0.3, 0.4) is 0 Å². The summed E-state index contributed by atoms with van der Waals surface area (Å²) in [5.74, 6) is 0. The first kappa shape index (κ1) is 12.6. The van der Waals surface area contributed by atoms with Crippen LogP contribution in [0.25, 0.3) is 10.2 Å². The Labute approximate surface area is 119 Å². The van der Waals surface area contributed by atoms with Gasteiger partial charge in [0.05, 0.1) is 10.2 Å². The smallest absolute Gasteiger partial charge is 0.157 e. The Morgan fingerprint density at radius 2 is 2.16 bits per heavy atom.